The fourth-order valence-corrected chi connectivity index (χ4v) is 4.97. The first-order valence-corrected chi connectivity index (χ1v) is 11.9. The molecule has 0 bridgehead atoms. The normalized spacial score (nSPS) is 17.6. The van der Waals surface area contributed by atoms with Crippen LogP contribution in [-0.2, 0) is 11.3 Å². The number of rotatable bonds is 4. The number of carbonyl (C=O) groups is 1. The van der Waals surface area contributed by atoms with Gasteiger partial charge in [-0.2, -0.15) is 0 Å². The summed E-state index contributed by atoms with van der Waals surface area (Å²) in [5, 5.41) is 13.2. The third-order valence-electron chi connectivity index (χ3n) is 6.64. The predicted octanol–water partition coefficient (Wildman–Crippen LogP) is 5.49. The highest BCUT2D eigenvalue weighted by Gasteiger charge is 2.26. The standard InChI is InChI=1S/C26H28ClN5O/c1-3-25(33)31-13-10-18(11-14-31)19-4-9-22-23(16-19)24(28-21-7-5-20(27)6-8-21)12-15-32-26(22)17(2)29-30-32/h4-10,16,24,28H,3,11-15H2,1-2H3. The summed E-state index contributed by atoms with van der Waals surface area (Å²) in [6.07, 6.45) is 4.53. The fourth-order valence-electron chi connectivity index (χ4n) is 4.84. The smallest absolute Gasteiger partial charge is 0.222 e. The quantitative estimate of drug-likeness (QED) is 0.558. The molecule has 3 aromatic rings. The molecule has 1 aromatic heterocycles. The minimum atomic E-state index is 0.129. The summed E-state index contributed by atoms with van der Waals surface area (Å²) in [4.78, 5) is 14.0. The second-order valence-corrected chi connectivity index (χ2v) is 9.15. The number of anilines is 1. The van der Waals surface area contributed by atoms with Gasteiger partial charge in [-0.15, -0.1) is 5.10 Å². The molecule has 1 atom stereocenters. The van der Waals surface area contributed by atoms with Crippen LogP contribution in [0.3, 0.4) is 0 Å². The van der Waals surface area contributed by atoms with Crippen molar-refractivity contribution in [1.82, 2.24) is 19.9 Å². The average Bonchev–Trinajstić information content (AvgIpc) is 3.14. The predicted molar refractivity (Wildman–Crippen MR) is 132 cm³/mol. The molecule has 0 saturated carbocycles. The number of halogens is 1. The zero-order valence-electron chi connectivity index (χ0n) is 19.0. The Morgan fingerprint density at radius 2 is 2.00 bits per heavy atom. The van der Waals surface area contributed by atoms with Crippen LogP contribution in [-0.4, -0.2) is 38.9 Å². The second-order valence-electron chi connectivity index (χ2n) is 8.71. The first kappa shape index (κ1) is 21.7. The molecule has 5 rings (SSSR count). The Balaban J connectivity index is 1.52. The molecule has 170 valence electrons. The number of hydrogen-bond donors (Lipinski definition) is 1. The van der Waals surface area contributed by atoms with Gasteiger partial charge in [-0.1, -0.05) is 41.9 Å². The molecule has 0 radical (unpaired) electrons. The summed E-state index contributed by atoms with van der Waals surface area (Å²) in [5.41, 5.74) is 8.02. The van der Waals surface area contributed by atoms with E-state index in [1.54, 1.807) is 0 Å². The van der Waals surface area contributed by atoms with Crippen molar-refractivity contribution in [3.05, 3.63) is 70.4 Å². The molecule has 1 amide bonds. The van der Waals surface area contributed by atoms with Crippen LogP contribution in [0.25, 0.3) is 16.8 Å². The Morgan fingerprint density at radius 3 is 2.73 bits per heavy atom. The second kappa shape index (κ2) is 9.02. The van der Waals surface area contributed by atoms with E-state index in [0.29, 0.717) is 13.0 Å². The van der Waals surface area contributed by atoms with Crippen molar-refractivity contribution in [1.29, 1.82) is 0 Å². The van der Waals surface area contributed by atoms with E-state index in [-0.39, 0.29) is 11.9 Å². The van der Waals surface area contributed by atoms with Crippen LogP contribution in [0.1, 0.15) is 49.0 Å². The number of fused-ring (bicyclic) bond motifs is 3. The minimum absolute atomic E-state index is 0.129. The van der Waals surface area contributed by atoms with Crippen LogP contribution in [0, 0.1) is 6.92 Å². The van der Waals surface area contributed by atoms with Gasteiger partial charge in [0.2, 0.25) is 5.91 Å². The highest BCUT2D eigenvalue weighted by molar-refractivity contribution is 6.30. The number of hydrogen-bond acceptors (Lipinski definition) is 4. The van der Waals surface area contributed by atoms with E-state index in [9.17, 15) is 4.79 Å². The molecule has 0 spiro atoms. The Hall–Kier alpha value is -3.12. The molecule has 2 aromatic carbocycles. The third-order valence-corrected chi connectivity index (χ3v) is 6.89. The molecule has 0 fully saturated rings. The van der Waals surface area contributed by atoms with Gasteiger partial charge in [0.05, 0.1) is 17.4 Å². The van der Waals surface area contributed by atoms with Crippen LogP contribution in [0.2, 0.25) is 5.02 Å². The van der Waals surface area contributed by atoms with Crippen molar-refractivity contribution in [3.63, 3.8) is 0 Å². The van der Waals surface area contributed by atoms with E-state index in [1.807, 2.05) is 47.7 Å². The SMILES string of the molecule is CCC(=O)N1CC=C(c2ccc3c(c2)C(Nc2ccc(Cl)cc2)CCn2nnc(C)c2-3)CC1. The highest BCUT2D eigenvalue weighted by Crippen LogP contribution is 2.39. The Bertz CT molecular complexity index is 1210. The zero-order valence-corrected chi connectivity index (χ0v) is 19.8. The van der Waals surface area contributed by atoms with Crippen LogP contribution in [0.5, 0.6) is 0 Å². The van der Waals surface area contributed by atoms with Crippen molar-refractivity contribution in [3.8, 4) is 11.3 Å². The lowest BCUT2D eigenvalue weighted by Gasteiger charge is -2.27. The number of aromatic nitrogens is 3. The summed E-state index contributed by atoms with van der Waals surface area (Å²) in [6.45, 7) is 6.19. The summed E-state index contributed by atoms with van der Waals surface area (Å²) in [7, 11) is 0. The van der Waals surface area contributed by atoms with Gasteiger partial charge in [-0.3, -0.25) is 4.79 Å². The van der Waals surface area contributed by atoms with Crippen LogP contribution in [0.4, 0.5) is 5.69 Å². The van der Waals surface area contributed by atoms with E-state index in [4.69, 9.17) is 11.6 Å². The maximum Gasteiger partial charge on any atom is 0.222 e. The molecule has 2 aliphatic rings. The van der Waals surface area contributed by atoms with E-state index in [2.05, 4.69) is 39.9 Å². The average molecular weight is 462 g/mol. The number of aryl methyl sites for hydroxylation is 2. The van der Waals surface area contributed by atoms with Crippen molar-refractivity contribution < 1.29 is 4.79 Å². The largest absolute Gasteiger partial charge is 0.378 e. The molecule has 2 aliphatic heterocycles. The minimum Gasteiger partial charge on any atom is -0.378 e. The maximum absolute atomic E-state index is 12.1. The summed E-state index contributed by atoms with van der Waals surface area (Å²) < 4.78 is 2.02. The number of nitrogens with one attached hydrogen (secondary N) is 1. The Kier molecular flexibility index (Phi) is 5.94. The molecule has 3 heterocycles. The van der Waals surface area contributed by atoms with Gasteiger partial charge >= 0.3 is 0 Å². The van der Waals surface area contributed by atoms with Gasteiger partial charge in [0.15, 0.2) is 0 Å². The summed E-state index contributed by atoms with van der Waals surface area (Å²) in [5.74, 6) is 0.218. The highest BCUT2D eigenvalue weighted by atomic mass is 35.5. The van der Waals surface area contributed by atoms with E-state index >= 15 is 0 Å². The molecular formula is C26H28ClN5O. The van der Waals surface area contributed by atoms with Crippen LogP contribution < -0.4 is 5.32 Å². The first-order chi connectivity index (χ1) is 16.0. The van der Waals surface area contributed by atoms with Gasteiger partial charge in [0.25, 0.3) is 0 Å². The zero-order chi connectivity index (χ0) is 22.9. The lowest BCUT2D eigenvalue weighted by atomic mass is 9.90. The topological polar surface area (TPSA) is 63.1 Å². The molecule has 1 unspecified atom stereocenters. The maximum atomic E-state index is 12.1. The number of amides is 1. The van der Waals surface area contributed by atoms with Gasteiger partial charge in [-0.25, -0.2) is 4.68 Å². The third kappa shape index (κ3) is 4.27. The van der Waals surface area contributed by atoms with Gasteiger partial charge in [0, 0.05) is 42.3 Å². The number of carbonyl (C=O) groups excluding carboxylic acids is 1. The van der Waals surface area contributed by atoms with Crippen molar-refractivity contribution >= 4 is 28.8 Å². The number of benzene rings is 2. The monoisotopic (exact) mass is 461 g/mol. The molecule has 7 heteroatoms. The van der Waals surface area contributed by atoms with Crippen molar-refractivity contribution in [2.75, 3.05) is 18.4 Å². The fraction of sp³-hybridized carbons (Fsp3) is 0.346. The van der Waals surface area contributed by atoms with Crippen molar-refractivity contribution in [2.45, 2.75) is 45.7 Å². The van der Waals surface area contributed by atoms with Crippen LogP contribution in [0.15, 0.2) is 48.5 Å². The molecule has 33 heavy (non-hydrogen) atoms. The molecular weight excluding hydrogens is 434 g/mol. The van der Waals surface area contributed by atoms with Gasteiger partial charge in [0.1, 0.15) is 0 Å². The first-order valence-electron chi connectivity index (χ1n) is 11.6. The Morgan fingerprint density at radius 1 is 1.18 bits per heavy atom. The lowest BCUT2D eigenvalue weighted by Crippen LogP contribution is -2.34. The molecule has 0 aliphatic carbocycles. The van der Waals surface area contributed by atoms with E-state index in [0.717, 1.165) is 48.0 Å². The Labute approximate surface area is 199 Å². The van der Waals surface area contributed by atoms with Crippen LogP contribution >= 0.6 is 11.6 Å². The number of nitrogens with zero attached hydrogens (tertiary/aromatic N) is 4. The van der Waals surface area contributed by atoms with Crippen molar-refractivity contribution in [2.24, 2.45) is 0 Å². The van der Waals surface area contributed by atoms with Gasteiger partial charge < -0.3 is 10.2 Å². The van der Waals surface area contributed by atoms with E-state index in [1.165, 1.54) is 22.3 Å². The lowest BCUT2D eigenvalue weighted by molar-refractivity contribution is -0.130. The molecule has 1 N–H and O–H groups in total. The van der Waals surface area contributed by atoms with Gasteiger partial charge in [-0.05, 0) is 66.8 Å². The molecule has 0 saturated heterocycles. The molecule has 6 nitrogen and oxygen atoms in total. The van der Waals surface area contributed by atoms with E-state index < -0.39 is 0 Å². The summed E-state index contributed by atoms with van der Waals surface area (Å²) in [6, 6.07) is 14.7. The summed E-state index contributed by atoms with van der Waals surface area (Å²) >= 11 is 6.09.